The molecule has 2 N–H and O–H groups in total. The van der Waals surface area contributed by atoms with Gasteiger partial charge in [0.15, 0.2) is 6.61 Å². The zero-order valence-corrected chi connectivity index (χ0v) is 14.8. The minimum Gasteiger partial charge on any atom is -0.484 e. The number of carbonyl (C=O) groups is 2. The number of para-hydroxylation sites is 1. The van der Waals surface area contributed by atoms with Crippen LogP contribution in [-0.2, 0) is 11.3 Å². The molecular formula is C21H17N3O4. The molecule has 2 amide bonds. The molecule has 0 unspecified atom stereocenters. The first-order chi connectivity index (χ1) is 13.7. The van der Waals surface area contributed by atoms with Crippen molar-refractivity contribution in [2.45, 2.75) is 6.54 Å². The second kappa shape index (κ2) is 9.05. The molecular weight excluding hydrogens is 358 g/mol. The van der Waals surface area contributed by atoms with Crippen molar-refractivity contribution in [3.05, 3.63) is 83.8 Å². The Hall–Kier alpha value is -4.05. The average Bonchev–Trinajstić information content (AvgIpc) is 3.25. The summed E-state index contributed by atoms with van der Waals surface area (Å²) in [6.45, 7) is 0.0180. The van der Waals surface area contributed by atoms with Crippen molar-refractivity contribution in [2.75, 3.05) is 11.9 Å². The van der Waals surface area contributed by atoms with Crippen molar-refractivity contribution in [2.24, 2.45) is 0 Å². The summed E-state index contributed by atoms with van der Waals surface area (Å²) in [5.41, 5.74) is 1.22. The number of benzene rings is 2. The summed E-state index contributed by atoms with van der Waals surface area (Å²) in [7, 11) is 0. The summed E-state index contributed by atoms with van der Waals surface area (Å²) >= 11 is 0. The number of furan rings is 1. The van der Waals surface area contributed by atoms with Crippen molar-refractivity contribution < 1.29 is 18.7 Å². The average molecular weight is 375 g/mol. The Bertz CT molecular complexity index is 989. The van der Waals surface area contributed by atoms with Gasteiger partial charge in [0.2, 0.25) is 0 Å². The Morgan fingerprint density at radius 3 is 2.54 bits per heavy atom. The third kappa shape index (κ3) is 4.99. The highest BCUT2D eigenvalue weighted by Gasteiger charge is 2.13. The number of carbonyl (C=O) groups excluding carboxylic acids is 2. The van der Waals surface area contributed by atoms with E-state index in [1.165, 1.54) is 6.26 Å². The molecule has 1 heterocycles. The van der Waals surface area contributed by atoms with Crippen LogP contribution in [0.2, 0.25) is 0 Å². The molecule has 0 aliphatic rings. The van der Waals surface area contributed by atoms with E-state index in [0.717, 1.165) is 0 Å². The summed E-state index contributed by atoms with van der Waals surface area (Å²) in [4.78, 5) is 24.6. The monoisotopic (exact) mass is 375 g/mol. The van der Waals surface area contributed by atoms with Crippen LogP contribution in [0.4, 0.5) is 5.69 Å². The maximum absolute atomic E-state index is 12.4. The van der Waals surface area contributed by atoms with Gasteiger partial charge in [-0.25, -0.2) is 0 Å². The Morgan fingerprint density at radius 2 is 1.82 bits per heavy atom. The molecule has 0 aliphatic carbocycles. The van der Waals surface area contributed by atoms with Crippen LogP contribution in [0, 0.1) is 11.3 Å². The van der Waals surface area contributed by atoms with Crippen molar-refractivity contribution >= 4 is 17.5 Å². The molecule has 140 valence electrons. The molecule has 1 aromatic heterocycles. The number of amides is 2. The van der Waals surface area contributed by atoms with Crippen LogP contribution in [-0.4, -0.2) is 18.4 Å². The van der Waals surface area contributed by atoms with E-state index in [-0.39, 0.29) is 19.1 Å². The number of ether oxygens (including phenoxy) is 1. The molecule has 0 saturated heterocycles. The Balaban J connectivity index is 1.58. The molecule has 7 nitrogen and oxygen atoms in total. The molecule has 0 spiro atoms. The van der Waals surface area contributed by atoms with E-state index < -0.39 is 5.91 Å². The minimum absolute atomic E-state index is 0.228. The molecule has 0 radical (unpaired) electrons. The zero-order valence-electron chi connectivity index (χ0n) is 14.8. The smallest absolute Gasteiger partial charge is 0.262 e. The third-order valence-corrected chi connectivity index (χ3v) is 3.80. The first-order valence-electron chi connectivity index (χ1n) is 8.48. The Labute approximate surface area is 161 Å². The second-order valence-corrected chi connectivity index (χ2v) is 5.78. The topological polar surface area (TPSA) is 104 Å². The van der Waals surface area contributed by atoms with E-state index in [1.54, 1.807) is 60.7 Å². The van der Waals surface area contributed by atoms with Crippen molar-refractivity contribution in [3.8, 4) is 11.8 Å². The standard InChI is InChI=1S/C21H17N3O4/c22-12-15-7-9-16(10-8-15)28-14-20(25)24-19-6-2-1-5-18(19)21(26)23-13-17-4-3-11-27-17/h1-11H,13-14H2,(H,23,26)(H,24,25). The molecule has 28 heavy (non-hydrogen) atoms. The predicted molar refractivity (Wildman–Crippen MR) is 102 cm³/mol. The lowest BCUT2D eigenvalue weighted by Gasteiger charge is -2.11. The zero-order chi connectivity index (χ0) is 19.8. The first-order valence-corrected chi connectivity index (χ1v) is 8.48. The van der Waals surface area contributed by atoms with Crippen LogP contribution in [0.3, 0.4) is 0 Å². The third-order valence-electron chi connectivity index (χ3n) is 3.80. The second-order valence-electron chi connectivity index (χ2n) is 5.78. The number of anilines is 1. The van der Waals surface area contributed by atoms with Crippen LogP contribution >= 0.6 is 0 Å². The SMILES string of the molecule is N#Cc1ccc(OCC(=O)Nc2ccccc2C(=O)NCc2ccco2)cc1. The molecule has 3 rings (SSSR count). The van der Waals surface area contributed by atoms with Crippen molar-refractivity contribution in [1.29, 1.82) is 5.26 Å². The van der Waals surface area contributed by atoms with Gasteiger partial charge < -0.3 is 19.8 Å². The fourth-order valence-corrected chi connectivity index (χ4v) is 2.43. The largest absolute Gasteiger partial charge is 0.484 e. The first kappa shape index (κ1) is 18.7. The van der Waals surface area contributed by atoms with Gasteiger partial charge in [0.05, 0.1) is 35.7 Å². The number of hydrogen-bond acceptors (Lipinski definition) is 5. The van der Waals surface area contributed by atoms with Gasteiger partial charge in [0.25, 0.3) is 11.8 Å². The molecule has 0 bridgehead atoms. The molecule has 0 aliphatic heterocycles. The van der Waals surface area contributed by atoms with Gasteiger partial charge in [-0.2, -0.15) is 5.26 Å². The normalized spacial score (nSPS) is 9.96. The van der Waals surface area contributed by atoms with E-state index in [4.69, 9.17) is 14.4 Å². The molecule has 2 aromatic carbocycles. The lowest BCUT2D eigenvalue weighted by molar-refractivity contribution is -0.118. The van der Waals surface area contributed by atoms with Crippen LogP contribution in [0.25, 0.3) is 0 Å². The fraction of sp³-hybridized carbons (Fsp3) is 0.0952. The molecule has 0 atom stereocenters. The summed E-state index contributed by atoms with van der Waals surface area (Å²) in [6.07, 6.45) is 1.53. The number of nitrogens with zero attached hydrogens (tertiary/aromatic N) is 1. The van der Waals surface area contributed by atoms with Crippen LogP contribution in [0.5, 0.6) is 5.75 Å². The van der Waals surface area contributed by atoms with Gasteiger partial charge in [0.1, 0.15) is 11.5 Å². The number of nitriles is 1. The van der Waals surface area contributed by atoms with E-state index in [2.05, 4.69) is 10.6 Å². The summed E-state index contributed by atoms with van der Waals surface area (Å²) in [5.74, 6) is 0.361. The minimum atomic E-state index is -0.407. The fourth-order valence-electron chi connectivity index (χ4n) is 2.43. The highest BCUT2D eigenvalue weighted by molar-refractivity contribution is 6.03. The van der Waals surface area contributed by atoms with Gasteiger partial charge in [-0.3, -0.25) is 9.59 Å². The van der Waals surface area contributed by atoms with Gasteiger partial charge in [-0.1, -0.05) is 12.1 Å². The number of nitrogens with one attached hydrogen (secondary N) is 2. The maximum Gasteiger partial charge on any atom is 0.262 e. The number of hydrogen-bond donors (Lipinski definition) is 2. The molecule has 7 heteroatoms. The van der Waals surface area contributed by atoms with Gasteiger partial charge in [-0.05, 0) is 48.5 Å². The summed E-state index contributed by atoms with van der Waals surface area (Å²) in [6, 6.07) is 18.6. The summed E-state index contributed by atoms with van der Waals surface area (Å²) in [5, 5.41) is 14.2. The van der Waals surface area contributed by atoms with E-state index in [1.807, 2.05) is 6.07 Å². The quantitative estimate of drug-likeness (QED) is 0.660. The highest BCUT2D eigenvalue weighted by atomic mass is 16.5. The van der Waals surface area contributed by atoms with Gasteiger partial charge in [0, 0.05) is 0 Å². The summed E-state index contributed by atoms with van der Waals surface area (Å²) < 4.78 is 10.6. The number of rotatable bonds is 7. The predicted octanol–water partition coefficient (Wildman–Crippen LogP) is 3.10. The van der Waals surface area contributed by atoms with Crippen LogP contribution in [0.1, 0.15) is 21.7 Å². The Kier molecular flexibility index (Phi) is 6.06. The maximum atomic E-state index is 12.4. The van der Waals surface area contributed by atoms with Crippen LogP contribution < -0.4 is 15.4 Å². The van der Waals surface area contributed by atoms with E-state index >= 15 is 0 Å². The van der Waals surface area contributed by atoms with Gasteiger partial charge in [-0.15, -0.1) is 0 Å². The Morgan fingerprint density at radius 1 is 1.04 bits per heavy atom. The van der Waals surface area contributed by atoms with Crippen molar-refractivity contribution in [3.63, 3.8) is 0 Å². The van der Waals surface area contributed by atoms with Crippen LogP contribution in [0.15, 0.2) is 71.3 Å². The molecule has 3 aromatic rings. The van der Waals surface area contributed by atoms with E-state index in [0.29, 0.717) is 28.3 Å². The lowest BCUT2D eigenvalue weighted by Crippen LogP contribution is -2.26. The lowest BCUT2D eigenvalue weighted by atomic mass is 10.1. The molecule has 0 saturated carbocycles. The van der Waals surface area contributed by atoms with Crippen molar-refractivity contribution in [1.82, 2.24) is 5.32 Å². The van der Waals surface area contributed by atoms with Gasteiger partial charge >= 0.3 is 0 Å². The highest BCUT2D eigenvalue weighted by Crippen LogP contribution is 2.16. The molecule has 0 fully saturated rings. The van der Waals surface area contributed by atoms with E-state index in [9.17, 15) is 9.59 Å².